The van der Waals surface area contributed by atoms with Crippen molar-refractivity contribution in [1.82, 2.24) is 20.3 Å². The molecule has 34 heavy (non-hydrogen) atoms. The third-order valence-electron chi connectivity index (χ3n) is 5.78. The second-order valence-corrected chi connectivity index (χ2v) is 8.16. The SMILES string of the molecule is Cc1nnn(C[C@H]2CN(c3ccc(-c4ccc(CNCCCF)cc4)c(F)c3)C(=O)O2)c1CO. The summed E-state index contributed by atoms with van der Waals surface area (Å²) in [5.41, 5.74) is 3.75. The van der Waals surface area contributed by atoms with Crippen LogP contribution < -0.4 is 10.2 Å². The molecule has 1 atom stereocenters. The molecule has 1 aliphatic heterocycles. The van der Waals surface area contributed by atoms with Crippen molar-refractivity contribution in [3.05, 3.63) is 65.2 Å². The highest BCUT2D eigenvalue weighted by Gasteiger charge is 2.33. The van der Waals surface area contributed by atoms with Crippen LogP contribution in [0.25, 0.3) is 11.1 Å². The maximum atomic E-state index is 15.0. The molecule has 0 aliphatic carbocycles. The van der Waals surface area contributed by atoms with Crippen LogP contribution in [0.1, 0.15) is 23.4 Å². The van der Waals surface area contributed by atoms with E-state index in [1.54, 1.807) is 19.1 Å². The van der Waals surface area contributed by atoms with Crippen molar-refractivity contribution >= 4 is 11.8 Å². The molecule has 1 aromatic heterocycles. The molecule has 0 spiro atoms. The van der Waals surface area contributed by atoms with Crippen LogP contribution in [-0.4, -0.2) is 52.1 Å². The zero-order valence-corrected chi connectivity index (χ0v) is 18.9. The Morgan fingerprint density at radius 3 is 2.74 bits per heavy atom. The van der Waals surface area contributed by atoms with Gasteiger partial charge in [0, 0.05) is 12.1 Å². The second-order valence-electron chi connectivity index (χ2n) is 8.16. The molecule has 10 heteroatoms. The molecule has 0 radical (unpaired) electrons. The Labute approximate surface area is 196 Å². The van der Waals surface area contributed by atoms with Crippen LogP contribution in [0.15, 0.2) is 42.5 Å². The number of aliphatic hydroxyl groups is 1. The predicted molar refractivity (Wildman–Crippen MR) is 122 cm³/mol. The average molecular weight is 472 g/mol. The quantitative estimate of drug-likeness (QED) is 0.441. The van der Waals surface area contributed by atoms with Crippen LogP contribution in [0.4, 0.5) is 19.3 Å². The number of hydrogen-bond donors (Lipinski definition) is 2. The van der Waals surface area contributed by atoms with Crippen LogP contribution in [0.3, 0.4) is 0 Å². The van der Waals surface area contributed by atoms with Crippen LogP contribution in [0.5, 0.6) is 0 Å². The first-order valence-corrected chi connectivity index (χ1v) is 11.1. The first-order chi connectivity index (χ1) is 16.5. The summed E-state index contributed by atoms with van der Waals surface area (Å²) in [6, 6.07) is 12.1. The number of rotatable bonds is 10. The molecular weight excluding hydrogens is 444 g/mol. The Morgan fingerprint density at radius 2 is 2.03 bits per heavy atom. The highest BCUT2D eigenvalue weighted by molar-refractivity contribution is 5.90. The standard InChI is InChI=1S/C24H27F2N5O3/c1-16-23(15-32)31(29-28-16)14-20-13-30(24(33)34-20)19-7-8-21(22(26)11-19)18-5-3-17(4-6-18)12-27-10-2-9-25/h3-8,11,20,27,32H,2,9-10,12-15H2,1H3/t20-/m1/s1. The van der Waals surface area contributed by atoms with Crippen molar-refractivity contribution in [3.8, 4) is 11.1 Å². The number of anilines is 1. The molecule has 180 valence electrons. The van der Waals surface area contributed by atoms with Gasteiger partial charge in [0.25, 0.3) is 0 Å². The summed E-state index contributed by atoms with van der Waals surface area (Å²) < 4.78 is 34.1. The minimum atomic E-state index is -0.566. The number of hydrogen-bond acceptors (Lipinski definition) is 6. The highest BCUT2D eigenvalue weighted by Crippen LogP contribution is 2.29. The molecule has 3 aromatic rings. The molecule has 1 amide bonds. The maximum absolute atomic E-state index is 15.0. The molecule has 2 N–H and O–H groups in total. The second kappa shape index (κ2) is 10.7. The van der Waals surface area contributed by atoms with Crippen LogP contribution >= 0.6 is 0 Å². The number of cyclic esters (lactones) is 1. The van der Waals surface area contributed by atoms with Crippen LogP contribution in [0, 0.1) is 12.7 Å². The number of aromatic nitrogens is 3. The average Bonchev–Trinajstić information content (AvgIpc) is 3.38. The Hall–Kier alpha value is -3.37. The lowest BCUT2D eigenvalue weighted by Crippen LogP contribution is -2.26. The van der Waals surface area contributed by atoms with Crippen molar-refractivity contribution in [2.45, 2.75) is 39.1 Å². The van der Waals surface area contributed by atoms with Gasteiger partial charge < -0.3 is 15.2 Å². The molecule has 0 bridgehead atoms. The number of alkyl halides is 1. The van der Waals surface area contributed by atoms with Crippen molar-refractivity contribution in [3.63, 3.8) is 0 Å². The summed E-state index contributed by atoms with van der Waals surface area (Å²) in [5.74, 6) is -0.447. The number of ether oxygens (including phenoxy) is 1. The Kier molecular flexibility index (Phi) is 7.49. The Balaban J connectivity index is 1.42. The number of aliphatic hydroxyl groups excluding tert-OH is 1. The van der Waals surface area contributed by atoms with Gasteiger partial charge in [0.15, 0.2) is 0 Å². The summed E-state index contributed by atoms with van der Waals surface area (Å²) in [4.78, 5) is 13.8. The smallest absolute Gasteiger partial charge is 0.414 e. The molecule has 0 saturated carbocycles. The van der Waals surface area contributed by atoms with E-state index in [9.17, 15) is 18.7 Å². The number of nitrogens with one attached hydrogen (secondary N) is 1. The minimum Gasteiger partial charge on any atom is -0.442 e. The maximum Gasteiger partial charge on any atom is 0.414 e. The van der Waals surface area contributed by atoms with Gasteiger partial charge in [-0.2, -0.15) is 0 Å². The summed E-state index contributed by atoms with van der Waals surface area (Å²) >= 11 is 0. The molecule has 1 fully saturated rings. The van der Waals surface area contributed by atoms with Gasteiger partial charge in [0.05, 0.1) is 43.4 Å². The zero-order chi connectivity index (χ0) is 24.1. The van der Waals surface area contributed by atoms with E-state index in [0.29, 0.717) is 42.1 Å². The van der Waals surface area contributed by atoms with Gasteiger partial charge in [0.2, 0.25) is 0 Å². The van der Waals surface area contributed by atoms with E-state index in [1.165, 1.54) is 15.6 Å². The molecule has 2 aromatic carbocycles. The highest BCUT2D eigenvalue weighted by atomic mass is 19.1. The number of halogens is 2. The van der Waals surface area contributed by atoms with Crippen molar-refractivity contribution in [2.24, 2.45) is 0 Å². The lowest BCUT2D eigenvalue weighted by Gasteiger charge is -2.15. The van der Waals surface area contributed by atoms with Crippen LogP contribution in [-0.2, 0) is 24.4 Å². The van der Waals surface area contributed by atoms with E-state index in [-0.39, 0.29) is 26.4 Å². The summed E-state index contributed by atoms with van der Waals surface area (Å²) in [6.07, 6.45) is -0.595. The molecule has 8 nitrogen and oxygen atoms in total. The first kappa shape index (κ1) is 23.8. The molecule has 2 heterocycles. The van der Waals surface area contributed by atoms with Gasteiger partial charge >= 0.3 is 6.09 Å². The fourth-order valence-corrected chi connectivity index (χ4v) is 3.92. The summed E-state index contributed by atoms with van der Waals surface area (Å²) in [7, 11) is 0. The number of nitrogens with zero attached hydrogens (tertiary/aromatic N) is 4. The van der Waals surface area contributed by atoms with Gasteiger partial charge in [-0.25, -0.2) is 13.9 Å². The molecule has 1 saturated heterocycles. The lowest BCUT2D eigenvalue weighted by atomic mass is 10.0. The van der Waals surface area contributed by atoms with Crippen molar-refractivity contribution in [2.75, 3.05) is 24.7 Å². The topological polar surface area (TPSA) is 92.5 Å². The van der Waals surface area contributed by atoms with Crippen LogP contribution in [0.2, 0.25) is 0 Å². The third-order valence-corrected chi connectivity index (χ3v) is 5.78. The Morgan fingerprint density at radius 1 is 1.24 bits per heavy atom. The normalized spacial score (nSPS) is 15.7. The summed E-state index contributed by atoms with van der Waals surface area (Å²) in [6.45, 7) is 2.88. The summed E-state index contributed by atoms with van der Waals surface area (Å²) in [5, 5.41) is 20.6. The zero-order valence-electron chi connectivity index (χ0n) is 18.9. The van der Waals surface area contributed by atoms with E-state index in [2.05, 4.69) is 15.6 Å². The monoisotopic (exact) mass is 471 g/mol. The van der Waals surface area contributed by atoms with Gasteiger partial charge in [-0.1, -0.05) is 29.5 Å². The van der Waals surface area contributed by atoms with E-state index in [1.807, 2.05) is 24.3 Å². The molecule has 0 unspecified atom stereocenters. The Bertz CT molecular complexity index is 1140. The fourth-order valence-electron chi connectivity index (χ4n) is 3.92. The minimum absolute atomic E-state index is 0.216. The van der Waals surface area contributed by atoms with E-state index >= 15 is 0 Å². The number of benzene rings is 2. The van der Waals surface area contributed by atoms with E-state index in [4.69, 9.17) is 4.74 Å². The third kappa shape index (κ3) is 5.23. The predicted octanol–water partition coefficient (Wildman–Crippen LogP) is 3.36. The molecular formula is C24H27F2N5O3. The number of carbonyl (C=O) groups excluding carboxylic acids is 1. The van der Waals surface area contributed by atoms with Crippen molar-refractivity contribution in [1.29, 1.82) is 0 Å². The molecule has 4 rings (SSSR count). The first-order valence-electron chi connectivity index (χ1n) is 11.1. The number of aryl methyl sites for hydroxylation is 1. The number of amides is 1. The van der Waals surface area contributed by atoms with E-state index < -0.39 is 18.0 Å². The fraction of sp³-hybridized carbons (Fsp3) is 0.375. The van der Waals surface area contributed by atoms with Crippen molar-refractivity contribution < 1.29 is 23.4 Å². The van der Waals surface area contributed by atoms with Gasteiger partial charge in [-0.3, -0.25) is 9.29 Å². The van der Waals surface area contributed by atoms with Gasteiger partial charge in [-0.05, 0) is 49.2 Å². The van der Waals surface area contributed by atoms with Gasteiger partial charge in [-0.15, -0.1) is 5.10 Å². The van der Waals surface area contributed by atoms with Gasteiger partial charge in [0.1, 0.15) is 11.9 Å². The number of carbonyl (C=O) groups is 1. The lowest BCUT2D eigenvalue weighted by molar-refractivity contribution is 0.127. The van der Waals surface area contributed by atoms with E-state index in [0.717, 1.165) is 11.1 Å². The molecule has 1 aliphatic rings. The largest absolute Gasteiger partial charge is 0.442 e.